The highest BCUT2D eigenvalue weighted by molar-refractivity contribution is 7.25. The zero-order chi connectivity index (χ0) is 17.4. The Morgan fingerprint density at radius 3 is 2.52 bits per heavy atom. The van der Waals surface area contributed by atoms with Crippen LogP contribution in [-0.2, 0) is 0 Å². The van der Waals surface area contributed by atoms with E-state index in [-0.39, 0.29) is 6.03 Å². The lowest BCUT2D eigenvalue weighted by Gasteiger charge is -2.19. The van der Waals surface area contributed by atoms with E-state index in [1.54, 1.807) is 16.2 Å². The van der Waals surface area contributed by atoms with Crippen molar-refractivity contribution in [1.82, 2.24) is 14.9 Å². The number of aromatic nitrogens is 2. The molecule has 0 aliphatic carbocycles. The number of amides is 2. The van der Waals surface area contributed by atoms with Crippen molar-refractivity contribution in [3.05, 3.63) is 42.5 Å². The van der Waals surface area contributed by atoms with Crippen LogP contribution in [-0.4, -0.2) is 34.0 Å². The first-order chi connectivity index (χ1) is 12.2. The van der Waals surface area contributed by atoms with Crippen molar-refractivity contribution in [3.8, 4) is 0 Å². The third-order valence-electron chi connectivity index (χ3n) is 4.28. The summed E-state index contributed by atoms with van der Waals surface area (Å²) < 4.78 is 1.12. The summed E-state index contributed by atoms with van der Waals surface area (Å²) in [6.45, 7) is 5.31. The van der Waals surface area contributed by atoms with Gasteiger partial charge in [0.2, 0.25) is 0 Å². The molecule has 1 N–H and O–H groups in total. The highest BCUT2D eigenvalue weighted by Crippen LogP contribution is 2.34. The molecule has 0 atom stereocenters. The van der Waals surface area contributed by atoms with Crippen LogP contribution in [0.5, 0.6) is 0 Å². The normalized spacial score (nSPS) is 11.3. The third-order valence-corrected chi connectivity index (χ3v) is 5.34. The Bertz CT molecular complexity index is 1080. The number of carbonyl (C=O) groups is 1. The molecule has 0 saturated heterocycles. The quantitative estimate of drug-likeness (QED) is 0.573. The van der Waals surface area contributed by atoms with Crippen LogP contribution in [0.3, 0.4) is 0 Å². The Balaban J connectivity index is 1.80. The first-order valence-corrected chi connectivity index (χ1v) is 9.16. The molecule has 0 radical (unpaired) electrons. The van der Waals surface area contributed by atoms with Gasteiger partial charge in [-0.3, -0.25) is 0 Å². The molecule has 0 fully saturated rings. The third kappa shape index (κ3) is 2.78. The molecule has 0 saturated carbocycles. The fourth-order valence-electron chi connectivity index (χ4n) is 2.93. The fraction of sp³-hybridized carbons (Fsp3) is 0.211. The highest BCUT2D eigenvalue weighted by atomic mass is 32.1. The van der Waals surface area contributed by atoms with Gasteiger partial charge in [0.15, 0.2) is 0 Å². The second-order valence-electron chi connectivity index (χ2n) is 5.78. The van der Waals surface area contributed by atoms with E-state index in [2.05, 4.69) is 5.32 Å². The first kappa shape index (κ1) is 15.8. The molecule has 0 bridgehead atoms. The fourth-order valence-corrected chi connectivity index (χ4v) is 3.94. The molecule has 0 aliphatic rings. The Morgan fingerprint density at radius 2 is 1.80 bits per heavy atom. The van der Waals surface area contributed by atoms with Crippen LogP contribution in [0.25, 0.3) is 31.5 Å². The molecule has 4 rings (SSSR count). The second-order valence-corrected chi connectivity index (χ2v) is 6.81. The van der Waals surface area contributed by atoms with Gasteiger partial charge < -0.3 is 10.2 Å². The molecular formula is C19H18N4OS. The van der Waals surface area contributed by atoms with Gasteiger partial charge in [-0.15, -0.1) is 11.3 Å². The van der Waals surface area contributed by atoms with Gasteiger partial charge in [0.1, 0.15) is 10.3 Å². The van der Waals surface area contributed by atoms with Gasteiger partial charge in [0.05, 0.1) is 11.0 Å². The molecule has 2 amide bonds. The number of hydrogen-bond donors (Lipinski definition) is 1. The summed E-state index contributed by atoms with van der Waals surface area (Å²) >= 11 is 1.62. The van der Waals surface area contributed by atoms with Crippen molar-refractivity contribution >= 4 is 54.5 Å². The number of rotatable bonds is 3. The number of benzene rings is 2. The van der Waals surface area contributed by atoms with E-state index in [1.807, 2.05) is 56.3 Å². The second kappa shape index (κ2) is 6.29. The van der Waals surface area contributed by atoms with Crippen LogP contribution in [0.4, 0.5) is 10.5 Å². The topological polar surface area (TPSA) is 58.1 Å². The molecule has 126 valence electrons. The number of hydrogen-bond acceptors (Lipinski definition) is 4. The number of nitrogens with one attached hydrogen (secondary N) is 1. The van der Waals surface area contributed by atoms with Gasteiger partial charge in [-0.1, -0.05) is 12.1 Å². The van der Waals surface area contributed by atoms with E-state index in [0.717, 1.165) is 37.2 Å². The Morgan fingerprint density at radius 1 is 1.08 bits per heavy atom. The van der Waals surface area contributed by atoms with Gasteiger partial charge in [-0.25, -0.2) is 14.8 Å². The zero-order valence-corrected chi connectivity index (χ0v) is 14.9. The van der Waals surface area contributed by atoms with Crippen molar-refractivity contribution in [2.24, 2.45) is 0 Å². The Labute approximate surface area is 149 Å². The van der Waals surface area contributed by atoms with Gasteiger partial charge in [0, 0.05) is 28.9 Å². The van der Waals surface area contributed by atoms with Crippen molar-refractivity contribution in [2.45, 2.75) is 13.8 Å². The Hall–Kier alpha value is -2.73. The number of thiophene rings is 1. The molecule has 6 heteroatoms. The lowest BCUT2D eigenvalue weighted by Crippen LogP contribution is -2.34. The van der Waals surface area contributed by atoms with Gasteiger partial charge in [-0.05, 0) is 44.2 Å². The van der Waals surface area contributed by atoms with Crippen LogP contribution in [0.2, 0.25) is 0 Å². The van der Waals surface area contributed by atoms with Crippen molar-refractivity contribution in [2.75, 3.05) is 18.4 Å². The first-order valence-electron chi connectivity index (χ1n) is 8.34. The largest absolute Gasteiger partial charge is 0.325 e. The van der Waals surface area contributed by atoms with E-state index in [9.17, 15) is 4.79 Å². The lowest BCUT2D eigenvalue weighted by molar-refractivity contribution is 0.217. The predicted molar refractivity (Wildman–Crippen MR) is 104 cm³/mol. The minimum atomic E-state index is -0.0829. The van der Waals surface area contributed by atoms with Crippen LogP contribution in [0.15, 0.2) is 42.5 Å². The summed E-state index contributed by atoms with van der Waals surface area (Å²) in [5.74, 6) is 0. The van der Waals surface area contributed by atoms with Crippen LogP contribution in [0, 0.1) is 0 Å². The SMILES string of the molecule is CCN(CC)C(=O)Nc1ccc2sc3nc4ccccc4nc3c2c1. The van der Waals surface area contributed by atoms with E-state index in [1.165, 1.54) is 0 Å². The van der Waals surface area contributed by atoms with E-state index in [4.69, 9.17) is 9.97 Å². The average molecular weight is 350 g/mol. The number of carbonyl (C=O) groups excluding carboxylic acids is 1. The molecule has 25 heavy (non-hydrogen) atoms. The van der Waals surface area contributed by atoms with Crippen molar-refractivity contribution in [3.63, 3.8) is 0 Å². The molecule has 2 aromatic carbocycles. The van der Waals surface area contributed by atoms with Gasteiger partial charge in [-0.2, -0.15) is 0 Å². The number of fused-ring (bicyclic) bond motifs is 4. The molecule has 5 nitrogen and oxygen atoms in total. The number of nitrogens with zero attached hydrogens (tertiary/aromatic N) is 3. The molecule has 0 aliphatic heterocycles. The maximum absolute atomic E-state index is 12.3. The zero-order valence-electron chi connectivity index (χ0n) is 14.1. The van der Waals surface area contributed by atoms with Gasteiger partial charge >= 0.3 is 6.03 Å². The molecule has 0 unspecified atom stereocenters. The summed E-state index contributed by atoms with van der Waals surface area (Å²) in [5, 5.41) is 3.99. The number of para-hydroxylation sites is 2. The molecule has 2 aromatic heterocycles. The highest BCUT2D eigenvalue weighted by Gasteiger charge is 2.13. The standard InChI is InChI=1S/C19H18N4OS/c1-3-23(4-2)19(24)20-12-9-10-16-13(11-12)17-18(25-16)22-15-8-6-5-7-14(15)21-17/h5-11H,3-4H2,1-2H3,(H,20,24). The Kier molecular flexibility index (Phi) is 3.97. The minimum absolute atomic E-state index is 0.0829. The maximum atomic E-state index is 12.3. The summed E-state index contributed by atoms with van der Waals surface area (Å²) in [6.07, 6.45) is 0. The lowest BCUT2D eigenvalue weighted by atomic mass is 10.2. The summed E-state index contributed by atoms with van der Waals surface area (Å²) in [7, 11) is 0. The van der Waals surface area contributed by atoms with Crippen LogP contribution in [0.1, 0.15) is 13.8 Å². The monoisotopic (exact) mass is 350 g/mol. The molecule has 2 heterocycles. The maximum Gasteiger partial charge on any atom is 0.321 e. The number of anilines is 1. The molecular weight excluding hydrogens is 332 g/mol. The van der Waals surface area contributed by atoms with E-state index < -0.39 is 0 Å². The van der Waals surface area contributed by atoms with Crippen molar-refractivity contribution < 1.29 is 4.79 Å². The molecule has 4 aromatic rings. The van der Waals surface area contributed by atoms with Crippen LogP contribution < -0.4 is 5.32 Å². The molecule has 0 spiro atoms. The number of urea groups is 1. The van der Waals surface area contributed by atoms with E-state index >= 15 is 0 Å². The summed E-state index contributed by atoms with van der Waals surface area (Å²) in [6, 6.07) is 13.7. The minimum Gasteiger partial charge on any atom is -0.325 e. The van der Waals surface area contributed by atoms with Crippen LogP contribution >= 0.6 is 11.3 Å². The average Bonchev–Trinajstić information content (AvgIpc) is 2.97. The summed E-state index contributed by atoms with van der Waals surface area (Å²) in [5.41, 5.74) is 3.44. The summed E-state index contributed by atoms with van der Waals surface area (Å²) in [4.78, 5) is 24.4. The predicted octanol–water partition coefficient (Wildman–Crippen LogP) is 4.87. The van der Waals surface area contributed by atoms with Crippen molar-refractivity contribution in [1.29, 1.82) is 0 Å². The van der Waals surface area contributed by atoms with E-state index in [0.29, 0.717) is 13.1 Å². The van der Waals surface area contributed by atoms with Gasteiger partial charge in [0.25, 0.3) is 0 Å². The smallest absolute Gasteiger partial charge is 0.321 e.